The van der Waals surface area contributed by atoms with Crippen molar-refractivity contribution < 1.29 is 9.59 Å². The third kappa shape index (κ3) is 4.49. The SMILES string of the molecule is CCN(CC)C(=O)Cn1ccc2cc(NC(=O)[C@@H](C)N)ccc21.Cl. The Morgan fingerprint density at radius 1 is 1.25 bits per heavy atom. The van der Waals surface area contributed by atoms with Crippen LogP contribution >= 0.6 is 12.4 Å². The molecule has 1 atom stereocenters. The van der Waals surface area contributed by atoms with E-state index in [9.17, 15) is 9.59 Å². The molecule has 0 spiro atoms. The molecule has 1 aromatic heterocycles. The molecule has 0 radical (unpaired) electrons. The zero-order valence-corrected chi connectivity index (χ0v) is 15.1. The fourth-order valence-electron chi connectivity index (χ4n) is 2.49. The van der Waals surface area contributed by atoms with Crippen molar-refractivity contribution in [3.8, 4) is 0 Å². The molecule has 6 nitrogen and oxygen atoms in total. The molecule has 2 amide bonds. The number of amides is 2. The van der Waals surface area contributed by atoms with E-state index in [-0.39, 0.29) is 24.2 Å². The molecule has 0 saturated carbocycles. The molecule has 2 aromatic rings. The topological polar surface area (TPSA) is 80.4 Å². The van der Waals surface area contributed by atoms with E-state index in [1.807, 2.05) is 53.8 Å². The monoisotopic (exact) mass is 352 g/mol. The van der Waals surface area contributed by atoms with Gasteiger partial charge in [-0.15, -0.1) is 12.4 Å². The van der Waals surface area contributed by atoms with E-state index in [4.69, 9.17) is 5.73 Å². The zero-order valence-electron chi connectivity index (χ0n) is 14.3. The lowest BCUT2D eigenvalue weighted by atomic mass is 10.2. The highest BCUT2D eigenvalue weighted by molar-refractivity contribution is 5.96. The van der Waals surface area contributed by atoms with Crippen LogP contribution in [0.4, 0.5) is 5.69 Å². The summed E-state index contributed by atoms with van der Waals surface area (Å²) in [4.78, 5) is 25.7. The van der Waals surface area contributed by atoms with Crippen molar-refractivity contribution >= 4 is 40.8 Å². The third-order valence-corrected chi connectivity index (χ3v) is 3.87. The number of rotatable bonds is 6. The van der Waals surface area contributed by atoms with Crippen LogP contribution in [0.25, 0.3) is 10.9 Å². The van der Waals surface area contributed by atoms with Crippen molar-refractivity contribution in [3.05, 3.63) is 30.5 Å². The number of nitrogens with one attached hydrogen (secondary N) is 1. The molecule has 0 aliphatic heterocycles. The molecular formula is C17H25ClN4O2. The minimum atomic E-state index is -0.554. The zero-order chi connectivity index (χ0) is 17.0. The van der Waals surface area contributed by atoms with Gasteiger partial charge in [0.05, 0.1) is 6.04 Å². The normalized spacial score (nSPS) is 11.7. The average Bonchev–Trinajstić information content (AvgIpc) is 2.90. The van der Waals surface area contributed by atoms with Gasteiger partial charge in [0.25, 0.3) is 0 Å². The number of carbonyl (C=O) groups is 2. The minimum absolute atomic E-state index is 0. The summed E-state index contributed by atoms with van der Waals surface area (Å²) in [6.45, 7) is 7.33. The number of anilines is 1. The molecule has 1 heterocycles. The Hall–Kier alpha value is -2.05. The second-order valence-corrected chi connectivity index (χ2v) is 5.56. The Labute approximate surface area is 148 Å². The Kier molecular flexibility index (Phi) is 7.25. The van der Waals surface area contributed by atoms with Gasteiger partial charge < -0.3 is 20.5 Å². The van der Waals surface area contributed by atoms with Crippen LogP contribution in [-0.2, 0) is 16.1 Å². The van der Waals surface area contributed by atoms with E-state index in [2.05, 4.69) is 5.32 Å². The van der Waals surface area contributed by atoms with Gasteiger partial charge in [0.2, 0.25) is 11.8 Å². The summed E-state index contributed by atoms with van der Waals surface area (Å²) in [5, 5.41) is 3.74. The van der Waals surface area contributed by atoms with Gasteiger partial charge in [-0.1, -0.05) is 0 Å². The highest BCUT2D eigenvalue weighted by Crippen LogP contribution is 2.21. The fraction of sp³-hybridized carbons (Fsp3) is 0.412. The smallest absolute Gasteiger partial charge is 0.242 e. The Balaban J connectivity index is 0.00000288. The molecule has 0 bridgehead atoms. The van der Waals surface area contributed by atoms with Crippen molar-refractivity contribution in [2.75, 3.05) is 18.4 Å². The first-order chi connectivity index (χ1) is 11.0. The number of benzene rings is 1. The molecule has 2 rings (SSSR count). The molecular weight excluding hydrogens is 328 g/mol. The maximum Gasteiger partial charge on any atom is 0.242 e. The number of nitrogens with two attached hydrogens (primary N) is 1. The molecule has 0 aliphatic rings. The van der Waals surface area contributed by atoms with Crippen LogP contribution in [0.15, 0.2) is 30.5 Å². The van der Waals surface area contributed by atoms with E-state index >= 15 is 0 Å². The summed E-state index contributed by atoms with van der Waals surface area (Å²) in [7, 11) is 0. The minimum Gasteiger partial charge on any atom is -0.342 e. The van der Waals surface area contributed by atoms with Crippen LogP contribution in [0, 0.1) is 0 Å². The molecule has 0 aliphatic carbocycles. The second kappa shape index (κ2) is 8.70. The predicted octanol–water partition coefficient (Wildman–Crippen LogP) is 2.22. The van der Waals surface area contributed by atoms with Crippen molar-refractivity contribution in [2.24, 2.45) is 5.73 Å². The first-order valence-corrected chi connectivity index (χ1v) is 7.89. The van der Waals surface area contributed by atoms with Gasteiger partial charge in [-0.25, -0.2) is 0 Å². The van der Waals surface area contributed by atoms with Gasteiger partial charge >= 0.3 is 0 Å². The third-order valence-electron chi connectivity index (χ3n) is 3.87. The van der Waals surface area contributed by atoms with Crippen LogP contribution in [0.3, 0.4) is 0 Å². The van der Waals surface area contributed by atoms with E-state index in [0.717, 1.165) is 10.9 Å². The number of likely N-dealkylation sites (N-methyl/N-ethyl adjacent to an activating group) is 1. The van der Waals surface area contributed by atoms with E-state index < -0.39 is 6.04 Å². The van der Waals surface area contributed by atoms with Crippen molar-refractivity contribution in [3.63, 3.8) is 0 Å². The summed E-state index contributed by atoms with van der Waals surface area (Å²) < 4.78 is 1.92. The van der Waals surface area contributed by atoms with Crippen molar-refractivity contribution in [1.82, 2.24) is 9.47 Å². The van der Waals surface area contributed by atoms with Crippen LogP contribution in [0.5, 0.6) is 0 Å². The maximum absolute atomic E-state index is 12.2. The van der Waals surface area contributed by atoms with Crippen LogP contribution < -0.4 is 11.1 Å². The maximum atomic E-state index is 12.2. The molecule has 7 heteroatoms. The Morgan fingerprint density at radius 2 is 1.92 bits per heavy atom. The Bertz CT molecular complexity index is 708. The number of fused-ring (bicyclic) bond motifs is 1. The summed E-state index contributed by atoms with van der Waals surface area (Å²) in [6.07, 6.45) is 1.89. The molecule has 1 aromatic carbocycles. The van der Waals surface area contributed by atoms with Gasteiger partial charge in [-0.2, -0.15) is 0 Å². The van der Waals surface area contributed by atoms with Crippen molar-refractivity contribution in [2.45, 2.75) is 33.4 Å². The lowest BCUT2D eigenvalue weighted by Gasteiger charge is -2.19. The highest BCUT2D eigenvalue weighted by atomic mass is 35.5. The van der Waals surface area contributed by atoms with Gasteiger partial charge in [0, 0.05) is 35.9 Å². The molecule has 0 fully saturated rings. The van der Waals surface area contributed by atoms with Gasteiger partial charge in [0.15, 0.2) is 0 Å². The number of nitrogens with zero attached hydrogens (tertiary/aromatic N) is 2. The first-order valence-electron chi connectivity index (χ1n) is 7.89. The average molecular weight is 353 g/mol. The number of hydrogen-bond donors (Lipinski definition) is 2. The molecule has 132 valence electrons. The predicted molar refractivity (Wildman–Crippen MR) is 99.4 cm³/mol. The fourth-order valence-corrected chi connectivity index (χ4v) is 2.49. The van der Waals surface area contributed by atoms with Crippen LogP contribution in [0.2, 0.25) is 0 Å². The molecule has 24 heavy (non-hydrogen) atoms. The lowest BCUT2D eigenvalue weighted by Crippen LogP contribution is -2.33. The van der Waals surface area contributed by atoms with E-state index in [1.54, 1.807) is 6.92 Å². The molecule has 0 unspecified atom stereocenters. The summed E-state index contributed by atoms with van der Waals surface area (Å²) >= 11 is 0. The molecule has 3 N–H and O–H groups in total. The quantitative estimate of drug-likeness (QED) is 0.836. The van der Waals surface area contributed by atoms with Crippen molar-refractivity contribution in [1.29, 1.82) is 0 Å². The van der Waals surface area contributed by atoms with Gasteiger partial charge in [-0.3, -0.25) is 9.59 Å². The summed E-state index contributed by atoms with van der Waals surface area (Å²) in [5.74, 6) is -0.123. The second-order valence-electron chi connectivity index (χ2n) is 5.56. The standard InChI is InChI=1S/C17H24N4O2.ClH/c1-4-20(5-2)16(22)11-21-9-8-13-10-14(6-7-15(13)21)19-17(23)12(3)18;/h6-10,12H,4-5,11,18H2,1-3H3,(H,19,23);1H/t12-;/m1./s1. The number of aromatic nitrogens is 1. The number of carbonyl (C=O) groups excluding carboxylic acids is 2. The number of hydrogen-bond acceptors (Lipinski definition) is 3. The van der Waals surface area contributed by atoms with E-state index in [0.29, 0.717) is 25.3 Å². The van der Waals surface area contributed by atoms with Crippen LogP contribution in [0.1, 0.15) is 20.8 Å². The van der Waals surface area contributed by atoms with Gasteiger partial charge in [0.1, 0.15) is 6.54 Å². The number of halogens is 1. The largest absolute Gasteiger partial charge is 0.342 e. The lowest BCUT2D eigenvalue weighted by molar-refractivity contribution is -0.131. The first kappa shape index (κ1) is 20.0. The van der Waals surface area contributed by atoms with Gasteiger partial charge in [-0.05, 0) is 45.0 Å². The summed E-state index contributed by atoms with van der Waals surface area (Å²) in [6, 6.07) is 6.99. The van der Waals surface area contributed by atoms with E-state index in [1.165, 1.54) is 0 Å². The Morgan fingerprint density at radius 3 is 2.50 bits per heavy atom. The van der Waals surface area contributed by atoms with Crippen LogP contribution in [-0.4, -0.2) is 40.4 Å². The summed E-state index contributed by atoms with van der Waals surface area (Å²) in [5.41, 5.74) is 7.22. The molecule has 0 saturated heterocycles. The highest BCUT2D eigenvalue weighted by Gasteiger charge is 2.12.